The zero-order valence-corrected chi connectivity index (χ0v) is 12.6. The van der Waals surface area contributed by atoms with Gasteiger partial charge < -0.3 is 4.90 Å². The van der Waals surface area contributed by atoms with Crippen LogP contribution in [0.4, 0.5) is 18.7 Å². The number of anilines is 1. The molecule has 2 amide bonds. The van der Waals surface area contributed by atoms with Crippen LogP contribution in [0.25, 0.3) is 0 Å². The number of carbonyl (C=O) groups is 1. The first-order valence-electron chi connectivity index (χ1n) is 6.80. The summed E-state index contributed by atoms with van der Waals surface area (Å²) in [6, 6.07) is 9.37. The van der Waals surface area contributed by atoms with Gasteiger partial charge in [0.1, 0.15) is 0 Å². The Labute approximate surface area is 130 Å². The van der Waals surface area contributed by atoms with E-state index in [1.165, 1.54) is 0 Å². The number of halogens is 2. The van der Waals surface area contributed by atoms with Crippen molar-refractivity contribution in [2.24, 2.45) is 5.92 Å². The Balaban J connectivity index is 1.69. The van der Waals surface area contributed by atoms with Gasteiger partial charge in [-0.05, 0) is 11.5 Å². The maximum atomic E-state index is 12.5. The quantitative estimate of drug-likeness (QED) is 0.936. The third-order valence-electron chi connectivity index (χ3n) is 3.60. The molecule has 5 nitrogen and oxygen atoms in total. The van der Waals surface area contributed by atoms with E-state index < -0.39 is 11.4 Å². The summed E-state index contributed by atoms with van der Waals surface area (Å²) in [4.78, 5) is 13.9. The van der Waals surface area contributed by atoms with E-state index in [0.717, 1.165) is 5.56 Å². The minimum absolute atomic E-state index is 0.0105. The summed E-state index contributed by atoms with van der Waals surface area (Å²) >= 11 is 0.688. The number of alkyl halides is 2. The molecule has 1 saturated heterocycles. The number of aromatic nitrogens is 2. The van der Waals surface area contributed by atoms with Crippen LogP contribution in [0.5, 0.6) is 0 Å². The summed E-state index contributed by atoms with van der Waals surface area (Å²) in [6.07, 6.45) is -2.68. The predicted octanol–water partition coefficient (Wildman–Crippen LogP) is 3.70. The topological polar surface area (TPSA) is 58.1 Å². The second-order valence-electron chi connectivity index (χ2n) is 5.16. The third kappa shape index (κ3) is 2.78. The van der Waals surface area contributed by atoms with Crippen molar-refractivity contribution in [3.8, 4) is 0 Å². The fourth-order valence-corrected chi connectivity index (χ4v) is 3.19. The highest BCUT2D eigenvalue weighted by Crippen LogP contribution is 2.38. The number of amides is 2. The smallest absolute Gasteiger partial charge is 0.317 e. The zero-order valence-electron chi connectivity index (χ0n) is 11.7. The fraction of sp³-hybridized carbons (Fsp3) is 0.357. The van der Waals surface area contributed by atoms with Crippen LogP contribution in [-0.2, 0) is 0 Å². The normalized spacial score (nSPS) is 20.8. The number of likely N-dealkylation sites (tertiary alicyclic amines) is 1. The van der Waals surface area contributed by atoms with Crippen molar-refractivity contribution in [2.75, 3.05) is 11.9 Å². The molecular weight excluding hydrogens is 310 g/mol. The molecule has 1 fully saturated rings. The Morgan fingerprint density at radius 2 is 2.09 bits per heavy atom. The number of hydrogen-bond donors (Lipinski definition) is 1. The van der Waals surface area contributed by atoms with Gasteiger partial charge in [-0.15, -0.1) is 10.2 Å². The summed E-state index contributed by atoms with van der Waals surface area (Å²) in [5.74, 6) is 0.346. The summed E-state index contributed by atoms with van der Waals surface area (Å²) in [7, 11) is 0. The van der Waals surface area contributed by atoms with Crippen LogP contribution >= 0.6 is 11.3 Å². The molecule has 0 bridgehead atoms. The molecule has 0 aliphatic carbocycles. The summed E-state index contributed by atoms with van der Waals surface area (Å²) < 4.78 is 24.9. The van der Waals surface area contributed by atoms with Crippen LogP contribution in [0, 0.1) is 5.92 Å². The van der Waals surface area contributed by atoms with E-state index in [4.69, 9.17) is 0 Å². The maximum absolute atomic E-state index is 12.5. The molecule has 1 aromatic heterocycles. The van der Waals surface area contributed by atoms with E-state index in [2.05, 4.69) is 22.4 Å². The van der Waals surface area contributed by atoms with E-state index in [9.17, 15) is 13.6 Å². The fourth-order valence-electron chi connectivity index (χ4n) is 2.60. The number of nitrogens with zero attached hydrogens (tertiary/aromatic N) is 3. The van der Waals surface area contributed by atoms with E-state index in [1.807, 2.05) is 30.3 Å². The standard InChI is InChI=1S/C14H14F2N4OS/c1-8-7-20(10(8)9-5-3-2-4-6-9)14(21)17-13-19-18-12(22-13)11(15)16/h2-6,8,10-11H,7H2,1H3,(H,17,19,21)/t8-,10-/m1/s1. The highest BCUT2D eigenvalue weighted by atomic mass is 32.1. The van der Waals surface area contributed by atoms with Crippen LogP contribution < -0.4 is 5.32 Å². The van der Waals surface area contributed by atoms with Crippen molar-refractivity contribution >= 4 is 22.5 Å². The Morgan fingerprint density at radius 1 is 1.36 bits per heavy atom. The molecule has 3 rings (SSSR count). The van der Waals surface area contributed by atoms with Gasteiger partial charge in [0.05, 0.1) is 6.04 Å². The van der Waals surface area contributed by atoms with Gasteiger partial charge in [0.25, 0.3) is 6.43 Å². The maximum Gasteiger partial charge on any atom is 0.324 e. The van der Waals surface area contributed by atoms with Crippen molar-refractivity contribution in [2.45, 2.75) is 19.4 Å². The summed E-state index contributed by atoms with van der Waals surface area (Å²) in [6.45, 7) is 2.69. The van der Waals surface area contributed by atoms with Crippen molar-refractivity contribution in [1.29, 1.82) is 0 Å². The Bertz CT molecular complexity index is 664. The molecule has 2 aromatic rings. The van der Waals surface area contributed by atoms with Gasteiger partial charge in [0.2, 0.25) is 5.13 Å². The number of carbonyl (C=O) groups excluding carboxylic acids is 1. The molecule has 1 aromatic carbocycles. The summed E-state index contributed by atoms with van der Waals surface area (Å²) in [5, 5.41) is 9.15. The van der Waals surface area contributed by atoms with Gasteiger partial charge >= 0.3 is 6.03 Å². The summed E-state index contributed by atoms with van der Waals surface area (Å²) in [5.41, 5.74) is 1.06. The Kier molecular flexibility index (Phi) is 4.02. The number of nitrogens with one attached hydrogen (secondary N) is 1. The minimum atomic E-state index is -2.68. The van der Waals surface area contributed by atoms with E-state index in [-0.39, 0.29) is 17.2 Å². The molecule has 1 aliphatic heterocycles. The molecule has 2 heterocycles. The highest BCUT2D eigenvalue weighted by molar-refractivity contribution is 7.15. The van der Waals surface area contributed by atoms with Gasteiger partial charge in [-0.25, -0.2) is 13.6 Å². The lowest BCUT2D eigenvalue weighted by Crippen LogP contribution is -2.53. The van der Waals surface area contributed by atoms with E-state index >= 15 is 0 Å². The van der Waals surface area contributed by atoms with Gasteiger partial charge in [-0.3, -0.25) is 5.32 Å². The second-order valence-corrected chi connectivity index (χ2v) is 6.17. The van der Waals surface area contributed by atoms with Gasteiger partial charge in [-0.1, -0.05) is 48.6 Å². The average molecular weight is 324 g/mol. The van der Waals surface area contributed by atoms with E-state index in [1.54, 1.807) is 4.90 Å². The van der Waals surface area contributed by atoms with Crippen molar-refractivity contribution in [3.05, 3.63) is 40.9 Å². The molecular formula is C14H14F2N4OS. The molecule has 1 aliphatic rings. The molecule has 2 atom stereocenters. The molecule has 0 unspecified atom stereocenters. The van der Waals surface area contributed by atoms with Crippen LogP contribution in [0.3, 0.4) is 0 Å². The van der Waals surface area contributed by atoms with Crippen LogP contribution in [0.15, 0.2) is 30.3 Å². The third-order valence-corrected chi connectivity index (χ3v) is 4.45. The lowest BCUT2D eigenvalue weighted by atomic mass is 9.85. The SMILES string of the molecule is C[C@@H]1CN(C(=O)Nc2nnc(C(F)F)s2)[C@H]1c1ccccc1. The molecule has 116 valence electrons. The van der Waals surface area contributed by atoms with Gasteiger partial charge in [0, 0.05) is 6.54 Å². The van der Waals surface area contributed by atoms with Crippen LogP contribution in [-0.4, -0.2) is 27.7 Å². The monoisotopic (exact) mass is 324 g/mol. The molecule has 8 heteroatoms. The van der Waals surface area contributed by atoms with E-state index in [0.29, 0.717) is 23.8 Å². The first kappa shape index (κ1) is 14.8. The average Bonchev–Trinajstić information content (AvgIpc) is 2.94. The molecule has 0 spiro atoms. The number of urea groups is 1. The van der Waals surface area contributed by atoms with Crippen molar-refractivity contribution < 1.29 is 13.6 Å². The van der Waals surface area contributed by atoms with Crippen molar-refractivity contribution in [3.63, 3.8) is 0 Å². The van der Waals surface area contributed by atoms with Gasteiger partial charge in [0.15, 0.2) is 5.01 Å². The zero-order chi connectivity index (χ0) is 15.7. The molecule has 1 N–H and O–H groups in total. The molecule has 0 saturated carbocycles. The lowest BCUT2D eigenvalue weighted by Gasteiger charge is -2.46. The predicted molar refractivity (Wildman–Crippen MR) is 78.9 cm³/mol. The van der Waals surface area contributed by atoms with Crippen LogP contribution in [0.1, 0.15) is 30.0 Å². The number of benzene rings is 1. The minimum Gasteiger partial charge on any atom is -0.317 e. The van der Waals surface area contributed by atoms with Gasteiger partial charge in [-0.2, -0.15) is 0 Å². The Hall–Kier alpha value is -2.09. The molecule has 22 heavy (non-hydrogen) atoms. The highest BCUT2D eigenvalue weighted by Gasteiger charge is 2.40. The number of hydrogen-bond acceptors (Lipinski definition) is 4. The van der Waals surface area contributed by atoms with Crippen LogP contribution in [0.2, 0.25) is 0 Å². The lowest BCUT2D eigenvalue weighted by molar-refractivity contribution is 0.0671. The second kappa shape index (κ2) is 5.96. The van der Waals surface area contributed by atoms with Crippen molar-refractivity contribution in [1.82, 2.24) is 15.1 Å². The first-order valence-corrected chi connectivity index (χ1v) is 7.62. The number of rotatable bonds is 3. The molecule has 0 radical (unpaired) electrons. The Morgan fingerprint density at radius 3 is 2.68 bits per heavy atom. The largest absolute Gasteiger partial charge is 0.324 e. The first-order chi connectivity index (χ1) is 10.6.